The number of cyclic esters (lactones) is 1. The maximum absolute atomic E-state index is 12.8. The van der Waals surface area contributed by atoms with Crippen LogP contribution in [-0.2, 0) is 25.0 Å². The van der Waals surface area contributed by atoms with Crippen LogP contribution in [0.2, 0.25) is 0 Å². The number of hydrogen-bond acceptors (Lipinski definition) is 5. The molecule has 0 N–H and O–H groups in total. The number of amides is 2. The topological polar surface area (TPSA) is 80.8 Å². The van der Waals surface area contributed by atoms with Crippen molar-refractivity contribution in [1.29, 1.82) is 0 Å². The fourth-order valence-electron chi connectivity index (χ4n) is 2.71. The molecule has 1 aromatic carbocycles. The molecule has 6 nitrogen and oxygen atoms in total. The predicted octanol–water partition coefficient (Wildman–Crippen LogP) is 2.42. The van der Waals surface area contributed by atoms with Gasteiger partial charge < -0.3 is 4.74 Å². The molecule has 1 heterocycles. The Morgan fingerprint density at radius 1 is 1.33 bits per heavy atom. The number of carbonyl (C=O) groups excluding carboxylic acids is 2. The Morgan fingerprint density at radius 2 is 1.96 bits per heavy atom. The average molecular weight is 374 g/mol. The Balaban J connectivity index is 2.21. The van der Waals surface area contributed by atoms with Gasteiger partial charge in [-0.15, -0.1) is 0 Å². The first-order valence-electron chi connectivity index (χ1n) is 7.65. The van der Waals surface area contributed by atoms with E-state index in [2.05, 4.69) is 0 Å². The van der Waals surface area contributed by atoms with E-state index in [0.29, 0.717) is 6.42 Å². The lowest BCUT2D eigenvalue weighted by atomic mass is 9.95. The maximum Gasteiger partial charge on any atom is 0.416 e. The molecule has 8 heteroatoms. The zero-order valence-electron chi connectivity index (χ0n) is 13.5. The molecule has 24 heavy (non-hydrogen) atoms. The summed E-state index contributed by atoms with van der Waals surface area (Å²) in [7, 11) is 1.45. The Kier molecular flexibility index (Phi) is 5.87. The molecule has 1 saturated heterocycles. The van der Waals surface area contributed by atoms with Gasteiger partial charge in [0.1, 0.15) is 6.61 Å². The second-order valence-corrected chi connectivity index (χ2v) is 9.01. The van der Waals surface area contributed by atoms with Gasteiger partial charge in [-0.05, 0) is 17.9 Å². The Bertz CT molecular complexity index is 704. The standard InChI is InChI=1S/C16H20ClNO5S/c1-11(2)14(10-24(17,21)22)15(19)18-13(9-23-16(18)20)8-12-6-4-3-5-7-12/h3-7,11,13-14H,8-10H2,1-2H3/t13-,14-/m1/s1. The van der Waals surface area contributed by atoms with Crippen LogP contribution in [-0.4, -0.2) is 43.7 Å². The summed E-state index contributed by atoms with van der Waals surface area (Å²) >= 11 is 0. The molecule has 2 rings (SSSR count). The lowest BCUT2D eigenvalue weighted by Gasteiger charge is -2.26. The van der Waals surface area contributed by atoms with Crippen LogP contribution in [0.1, 0.15) is 19.4 Å². The van der Waals surface area contributed by atoms with Gasteiger partial charge >= 0.3 is 6.09 Å². The summed E-state index contributed by atoms with van der Waals surface area (Å²) in [6.45, 7) is 3.54. The molecule has 1 aliphatic heterocycles. The molecule has 0 unspecified atom stereocenters. The maximum atomic E-state index is 12.8. The second kappa shape index (κ2) is 7.53. The number of hydrogen-bond donors (Lipinski definition) is 0. The van der Waals surface area contributed by atoms with Crippen LogP contribution in [0.3, 0.4) is 0 Å². The van der Waals surface area contributed by atoms with Crippen molar-refractivity contribution >= 4 is 31.7 Å². The van der Waals surface area contributed by atoms with E-state index in [-0.39, 0.29) is 12.5 Å². The third kappa shape index (κ3) is 4.70. The van der Waals surface area contributed by atoms with Gasteiger partial charge in [0, 0.05) is 10.7 Å². The number of halogens is 1. The second-order valence-electron chi connectivity index (χ2n) is 6.18. The summed E-state index contributed by atoms with van der Waals surface area (Å²) in [6.07, 6.45) is -0.282. The molecule has 132 valence electrons. The van der Waals surface area contributed by atoms with Crippen LogP contribution in [0.15, 0.2) is 30.3 Å². The monoisotopic (exact) mass is 373 g/mol. The summed E-state index contributed by atoms with van der Waals surface area (Å²) in [5.74, 6) is -2.24. The van der Waals surface area contributed by atoms with Crippen LogP contribution in [0.5, 0.6) is 0 Å². The zero-order chi connectivity index (χ0) is 17.9. The SMILES string of the molecule is CC(C)[C@@H](CS(=O)(=O)Cl)C(=O)N1C(=O)OC[C@H]1Cc1ccccc1. The van der Waals surface area contributed by atoms with E-state index in [1.807, 2.05) is 30.3 Å². The summed E-state index contributed by atoms with van der Waals surface area (Å²) in [5, 5.41) is 0. The van der Waals surface area contributed by atoms with E-state index in [0.717, 1.165) is 10.5 Å². The molecular weight excluding hydrogens is 354 g/mol. The van der Waals surface area contributed by atoms with E-state index in [9.17, 15) is 18.0 Å². The first-order valence-corrected chi connectivity index (χ1v) is 10.1. The quantitative estimate of drug-likeness (QED) is 0.715. The molecule has 0 saturated carbocycles. The minimum absolute atomic E-state index is 0.0951. The van der Waals surface area contributed by atoms with Crippen molar-refractivity contribution in [2.75, 3.05) is 12.4 Å². The summed E-state index contributed by atoms with van der Waals surface area (Å²) < 4.78 is 27.8. The van der Waals surface area contributed by atoms with Crippen LogP contribution >= 0.6 is 10.7 Å². The minimum Gasteiger partial charge on any atom is -0.447 e. The van der Waals surface area contributed by atoms with E-state index in [1.54, 1.807) is 13.8 Å². The Hall–Kier alpha value is -1.60. The molecule has 1 fully saturated rings. The van der Waals surface area contributed by atoms with Gasteiger partial charge in [-0.1, -0.05) is 44.2 Å². The number of imide groups is 1. The highest BCUT2D eigenvalue weighted by molar-refractivity contribution is 8.13. The molecule has 0 bridgehead atoms. The normalized spacial score (nSPS) is 19.4. The summed E-state index contributed by atoms with van der Waals surface area (Å²) in [6, 6.07) is 8.96. The molecule has 2 amide bonds. The molecule has 0 spiro atoms. The molecule has 1 aliphatic rings. The van der Waals surface area contributed by atoms with Crippen LogP contribution in [0.25, 0.3) is 0 Å². The van der Waals surface area contributed by atoms with Gasteiger partial charge in [0.25, 0.3) is 0 Å². The third-order valence-corrected chi connectivity index (χ3v) is 5.15. The van der Waals surface area contributed by atoms with Gasteiger partial charge in [-0.25, -0.2) is 18.1 Å². The van der Waals surface area contributed by atoms with Crippen molar-refractivity contribution in [1.82, 2.24) is 4.90 Å². The lowest BCUT2D eigenvalue weighted by molar-refractivity contribution is -0.134. The fourth-order valence-corrected chi connectivity index (χ4v) is 4.07. The predicted molar refractivity (Wildman–Crippen MR) is 90.1 cm³/mol. The Morgan fingerprint density at radius 3 is 2.50 bits per heavy atom. The molecule has 2 atom stereocenters. The summed E-state index contributed by atoms with van der Waals surface area (Å²) in [5.41, 5.74) is 0.963. The van der Waals surface area contributed by atoms with E-state index < -0.39 is 38.8 Å². The van der Waals surface area contributed by atoms with Crippen molar-refractivity contribution < 1.29 is 22.7 Å². The highest BCUT2D eigenvalue weighted by Crippen LogP contribution is 2.25. The first-order chi connectivity index (χ1) is 11.2. The summed E-state index contributed by atoms with van der Waals surface area (Å²) in [4.78, 5) is 25.8. The Labute approximate surface area is 146 Å². The highest BCUT2D eigenvalue weighted by Gasteiger charge is 2.42. The van der Waals surface area contributed by atoms with E-state index in [4.69, 9.17) is 15.4 Å². The van der Waals surface area contributed by atoms with Gasteiger partial charge in [0.05, 0.1) is 17.7 Å². The van der Waals surface area contributed by atoms with E-state index in [1.165, 1.54) is 0 Å². The number of rotatable bonds is 6. The van der Waals surface area contributed by atoms with Gasteiger partial charge in [0.2, 0.25) is 15.0 Å². The largest absolute Gasteiger partial charge is 0.447 e. The molecule has 0 aromatic heterocycles. The number of ether oxygens (including phenoxy) is 1. The van der Waals surface area contributed by atoms with E-state index >= 15 is 0 Å². The van der Waals surface area contributed by atoms with Crippen molar-refractivity contribution in [3.05, 3.63) is 35.9 Å². The molecular formula is C16H20ClNO5S. The van der Waals surface area contributed by atoms with Crippen molar-refractivity contribution in [3.8, 4) is 0 Å². The average Bonchev–Trinajstić information content (AvgIpc) is 2.85. The molecule has 1 aromatic rings. The zero-order valence-corrected chi connectivity index (χ0v) is 15.1. The number of nitrogens with zero attached hydrogens (tertiary/aromatic N) is 1. The third-order valence-electron chi connectivity index (χ3n) is 4.01. The number of benzene rings is 1. The highest BCUT2D eigenvalue weighted by atomic mass is 35.7. The van der Waals surface area contributed by atoms with Crippen LogP contribution < -0.4 is 0 Å². The van der Waals surface area contributed by atoms with Crippen molar-refractivity contribution in [2.24, 2.45) is 11.8 Å². The van der Waals surface area contributed by atoms with Gasteiger partial charge in [0.15, 0.2) is 0 Å². The van der Waals surface area contributed by atoms with Gasteiger partial charge in [-0.3, -0.25) is 4.79 Å². The fraction of sp³-hybridized carbons (Fsp3) is 0.500. The van der Waals surface area contributed by atoms with Crippen LogP contribution in [0.4, 0.5) is 4.79 Å². The molecule has 0 radical (unpaired) electrons. The number of carbonyl (C=O) groups is 2. The van der Waals surface area contributed by atoms with Crippen molar-refractivity contribution in [3.63, 3.8) is 0 Å². The minimum atomic E-state index is -3.86. The molecule has 0 aliphatic carbocycles. The van der Waals surface area contributed by atoms with Gasteiger partial charge in [-0.2, -0.15) is 0 Å². The lowest BCUT2D eigenvalue weighted by Crippen LogP contribution is -2.46. The smallest absolute Gasteiger partial charge is 0.416 e. The van der Waals surface area contributed by atoms with Crippen LogP contribution in [0, 0.1) is 11.8 Å². The first kappa shape index (κ1) is 18.7. The van der Waals surface area contributed by atoms with Crippen molar-refractivity contribution in [2.45, 2.75) is 26.3 Å².